The number of esters is 2. The first-order valence-electron chi connectivity index (χ1n) is 21.8. The predicted octanol–water partition coefficient (Wildman–Crippen LogP) is 9.21. The molecule has 59 heavy (non-hydrogen) atoms. The third kappa shape index (κ3) is 18.2. The van der Waals surface area contributed by atoms with Crippen molar-refractivity contribution in [3.63, 3.8) is 0 Å². The van der Waals surface area contributed by atoms with E-state index in [2.05, 4.69) is 25.0 Å². The van der Waals surface area contributed by atoms with Gasteiger partial charge in [0, 0.05) is 11.8 Å². The minimum Gasteiger partial charge on any atom is -0.460 e. The van der Waals surface area contributed by atoms with Crippen molar-refractivity contribution in [2.45, 2.75) is 198 Å². The molecule has 3 aromatic rings. The van der Waals surface area contributed by atoms with Crippen molar-refractivity contribution >= 4 is 22.0 Å². The molecule has 5 rings (SSSR count). The lowest BCUT2D eigenvalue weighted by Gasteiger charge is -2.23. The Morgan fingerprint density at radius 1 is 0.729 bits per heavy atom. The van der Waals surface area contributed by atoms with Crippen LogP contribution in [0, 0.1) is 11.8 Å². The van der Waals surface area contributed by atoms with Gasteiger partial charge in [0.05, 0.1) is 30.8 Å². The fourth-order valence-corrected chi connectivity index (χ4v) is 8.92. The van der Waals surface area contributed by atoms with Crippen molar-refractivity contribution in [3.05, 3.63) is 53.8 Å². The minimum absolute atomic E-state index is 0.0914. The van der Waals surface area contributed by atoms with Crippen molar-refractivity contribution in [1.82, 2.24) is 25.0 Å². The number of hydrogen-bond donors (Lipinski definition) is 2. The van der Waals surface area contributed by atoms with Crippen LogP contribution in [-0.4, -0.2) is 51.8 Å². The molecule has 0 spiro atoms. The van der Waals surface area contributed by atoms with Crippen LogP contribution in [-0.2, 0) is 42.2 Å². The second kappa shape index (κ2) is 23.3. The molecular formula is C44H70N6O8S. The highest BCUT2D eigenvalue weighted by molar-refractivity contribution is 7.89. The van der Waals surface area contributed by atoms with Crippen LogP contribution < -0.4 is 10.5 Å². The van der Waals surface area contributed by atoms with Gasteiger partial charge in [-0.15, -0.1) is 0 Å². The van der Waals surface area contributed by atoms with E-state index in [4.69, 9.17) is 24.3 Å². The molecule has 0 amide bonds. The topological polar surface area (TPSA) is 203 Å². The van der Waals surface area contributed by atoms with Crippen LogP contribution in [0.3, 0.4) is 0 Å². The van der Waals surface area contributed by atoms with E-state index in [0.717, 1.165) is 43.9 Å². The van der Waals surface area contributed by atoms with Gasteiger partial charge in [0.1, 0.15) is 11.2 Å². The summed E-state index contributed by atoms with van der Waals surface area (Å²) in [5, 5.41) is 7.82. The van der Waals surface area contributed by atoms with Crippen molar-refractivity contribution in [1.29, 1.82) is 0 Å². The molecule has 3 N–H and O–H groups in total. The summed E-state index contributed by atoms with van der Waals surface area (Å²) in [4.78, 5) is 33.7. The highest BCUT2D eigenvalue weighted by atomic mass is 32.2. The molecule has 0 bridgehead atoms. The van der Waals surface area contributed by atoms with E-state index in [1.54, 1.807) is 18.2 Å². The van der Waals surface area contributed by atoms with Crippen LogP contribution in [0.4, 0.5) is 0 Å². The van der Waals surface area contributed by atoms with Gasteiger partial charge in [-0.3, -0.25) is 9.59 Å². The summed E-state index contributed by atoms with van der Waals surface area (Å²) < 4.78 is 49.2. The van der Waals surface area contributed by atoms with Gasteiger partial charge in [-0.05, 0) is 78.4 Å². The predicted molar refractivity (Wildman–Crippen MR) is 224 cm³/mol. The maximum absolute atomic E-state index is 12.5. The molecule has 2 aromatic heterocycles. The maximum Gasteiger partial charge on any atom is 0.307 e. The zero-order chi connectivity index (χ0) is 42.9. The van der Waals surface area contributed by atoms with Crippen molar-refractivity contribution in [2.24, 2.45) is 17.6 Å². The number of sulfonamides is 1. The van der Waals surface area contributed by atoms with E-state index < -0.39 is 21.2 Å². The number of aromatic nitrogens is 4. The second-order valence-electron chi connectivity index (χ2n) is 18.3. The number of carbonyl (C=O) groups excluding carboxylic acids is 2. The van der Waals surface area contributed by atoms with Crippen LogP contribution in [0.1, 0.15) is 192 Å². The molecule has 0 saturated heterocycles. The lowest BCUT2D eigenvalue weighted by Crippen LogP contribution is -2.25. The number of benzene rings is 1. The molecule has 2 fully saturated rings. The van der Waals surface area contributed by atoms with Gasteiger partial charge in [-0.25, -0.2) is 13.1 Å². The fraction of sp³-hybridized carbons (Fsp3) is 0.727. The first-order valence-corrected chi connectivity index (χ1v) is 23.3. The number of carbonyl (C=O) groups is 2. The van der Waals surface area contributed by atoms with Gasteiger partial charge in [0.2, 0.25) is 21.8 Å². The van der Waals surface area contributed by atoms with Crippen LogP contribution in [0.5, 0.6) is 0 Å². The van der Waals surface area contributed by atoms with E-state index in [9.17, 15) is 18.0 Å². The molecule has 330 valence electrons. The van der Waals surface area contributed by atoms with Gasteiger partial charge in [0.15, 0.2) is 11.6 Å². The third-order valence-corrected chi connectivity index (χ3v) is 12.2. The molecule has 2 aliphatic rings. The smallest absolute Gasteiger partial charge is 0.307 e. The van der Waals surface area contributed by atoms with E-state index in [0.29, 0.717) is 17.6 Å². The van der Waals surface area contributed by atoms with Crippen LogP contribution >= 0.6 is 0 Å². The van der Waals surface area contributed by atoms with E-state index in [-0.39, 0.29) is 60.4 Å². The Bertz CT molecular complexity index is 1790. The molecule has 2 heterocycles. The summed E-state index contributed by atoms with van der Waals surface area (Å²) in [6.45, 7) is 11.3. The first-order chi connectivity index (χ1) is 28.0. The molecule has 2 saturated carbocycles. The Hall–Kier alpha value is -3.69. The summed E-state index contributed by atoms with van der Waals surface area (Å²) in [6, 6.07) is 8.12. The zero-order valence-electron chi connectivity index (χ0n) is 36.4. The average molecular weight is 843 g/mol. The maximum atomic E-state index is 12.5. The molecule has 1 aromatic carbocycles. The molecule has 0 unspecified atom stereocenters. The number of nitrogens with zero attached hydrogens (tertiary/aromatic N) is 4. The van der Waals surface area contributed by atoms with Crippen LogP contribution in [0.2, 0.25) is 0 Å². The fourth-order valence-electron chi connectivity index (χ4n) is 7.92. The van der Waals surface area contributed by atoms with Crippen molar-refractivity contribution in [3.8, 4) is 0 Å². The summed E-state index contributed by atoms with van der Waals surface area (Å²) in [5.41, 5.74) is 4.51. The molecule has 2 aliphatic carbocycles. The lowest BCUT2D eigenvalue weighted by atomic mass is 9.84. The van der Waals surface area contributed by atoms with E-state index in [1.165, 1.54) is 82.8 Å². The highest BCUT2D eigenvalue weighted by Crippen LogP contribution is 2.33. The van der Waals surface area contributed by atoms with Gasteiger partial charge in [-0.1, -0.05) is 118 Å². The molecule has 2 atom stereocenters. The molecule has 14 nitrogen and oxygen atoms in total. The SMILES string of the molecule is CC(C)(C)OC(=O)C[C@@H](CCCC1CCCCC1)c1nc(CN)no1.CC(C)(C)OC(=O)C[C@@H](CCCC1CCCCC1)c1nc(CNS(=O)(=O)c2ccccc2)no1. The average Bonchev–Trinajstić information content (AvgIpc) is 3.87. The number of ether oxygens (including phenoxy) is 2. The zero-order valence-corrected chi connectivity index (χ0v) is 37.2. The van der Waals surface area contributed by atoms with Crippen LogP contribution in [0.25, 0.3) is 0 Å². The Morgan fingerprint density at radius 2 is 1.17 bits per heavy atom. The van der Waals surface area contributed by atoms with E-state index >= 15 is 0 Å². The molecule has 0 aliphatic heterocycles. The Labute approximate surface area is 352 Å². The number of nitrogens with one attached hydrogen (secondary N) is 1. The first kappa shape index (κ1) is 48.0. The second-order valence-corrected chi connectivity index (χ2v) is 20.1. The Balaban J connectivity index is 0.000000273. The van der Waals surface area contributed by atoms with Gasteiger partial charge in [0.25, 0.3) is 0 Å². The van der Waals surface area contributed by atoms with Crippen molar-refractivity contribution in [2.75, 3.05) is 0 Å². The summed E-state index contributed by atoms with van der Waals surface area (Å²) >= 11 is 0. The molecule has 15 heteroatoms. The lowest BCUT2D eigenvalue weighted by molar-refractivity contribution is -0.156. The number of nitrogens with two attached hydrogens (primary N) is 1. The highest BCUT2D eigenvalue weighted by Gasteiger charge is 2.28. The monoisotopic (exact) mass is 842 g/mol. The van der Waals surface area contributed by atoms with Gasteiger partial charge >= 0.3 is 11.9 Å². The normalized spacial score (nSPS) is 16.8. The Morgan fingerprint density at radius 3 is 1.59 bits per heavy atom. The quantitative estimate of drug-likeness (QED) is 0.108. The summed E-state index contributed by atoms with van der Waals surface area (Å²) in [7, 11) is -3.68. The van der Waals surface area contributed by atoms with Crippen molar-refractivity contribution < 1.29 is 36.5 Å². The Kier molecular flexibility index (Phi) is 19.0. The standard InChI is InChI=1S/C25H37N3O5S.C19H33N3O3/c1-25(2,3)32-23(29)17-20(14-10-13-19-11-6-4-7-12-19)24-27-22(28-33-24)18-26-34(30,31)21-15-8-5-9-16-21;1-19(2,3)24-17(23)12-15(18-21-16(13-20)22-25-18)11-7-10-14-8-5-4-6-9-14/h5,8-9,15-16,19-20,26H,4,6-7,10-14,17-18H2,1-3H3;14-15H,4-13,20H2,1-3H3/t20-;15-/m11/s1. The minimum atomic E-state index is -3.68. The molecule has 0 radical (unpaired) electrons. The number of rotatable bonds is 19. The summed E-state index contributed by atoms with van der Waals surface area (Å²) in [6.07, 6.45) is 19.7. The largest absolute Gasteiger partial charge is 0.460 e. The number of hydrogen-bond acceptors (Lipinski definition) is 13. The summed E-state index contributed by atoms with van der Waals surface area (Å²) in [5.74, 6) is 2.28. The molecular weight excluding hydrogens is 773 g/mol. The van der Waals surface area contributed by atoms with E-state index in [1.807, 2.05) is 41.5 Å². The van der Waals surface area contributed by atoms with Gasteiger partial charge < -0.3 is 24.3 Å². The van der Waals surface area contributed by atoms with Crippen LogP contribution in [0.15, 0.2) is 44.3 Å². The van der Waals surface area contributed by atoms with Gasteiger partial charge in [-0.2, -0.15) is 9.97 Å². The third-order valence-electron chi connectivity index (χ3n) is 10.8.